The number of carbonyl (C=O) groups is 2. The van der Waals surface area contributed by atoms with Crippen LogP contribution >= 0.6 is 11.6 Å². The number of carbonyl (C=O) groups excluding carboxylic acids is 2. The summed E-state index contributed by atoms with van der Waals surface area (Å²) in [6, 6.07) is 7.37. The van der Waals surface area contributed by atoms with Gasteiger partial charge in [-0.15, -0.1) is 0 Å². The predicted octanol–water partition coefficient (Wildman–Crippen LogP) is 2.63. The highest BCUT2D eigenvalue weighted by atomic mass is 35.5. The highest BCUT2D eigenvalue weighted by molar-refractivity contribution is 6.32. The fraction of sp³-hybridized carbons (Fsp3) is 0.529. The Morgan fingerprint density at radius 3 is 2.91 bits per heavy atom. The van der Waals surface area contributed by atoms with Crippen LogP contribution in [-0.4, -0.2) is 42.5 Å². The molecular formula is C17H23ClN2O3. The highest BCUT2D eigenvalue weighted by Crippen LogP contribution is 2.23. The molecule has 1 aromatic rings. The van der Waals surface area contributed by atoms with Crippen LogP contribution in [0.5, 0.6) is 5.75 Å². The van der Waals surface area contributed by atoms with Crippen LogP contribution in [0.4, 0.5) is 0 Å². The van der Waals surface area contributed by atoms with Crippen molar-refractivity contribution in [1.82, 2.24) is 10.2 Å². The SMILES string of the molecule is CC(=O)NC1CCCN(C(=O)CCCOc2ccccc2Cl)C1. The normalized spacial score (nSPS) is 17.7. The Hall–Kier alpha value is -1.75. The summed E-state index contributed by atoms with van der Waals surface area (Å²) in [5.74, 6) is 0.713. The number of halogens is 1. The third-order valence-corrected chi connectivity index (χ3v) is 4.12. The highest BCUT2D eigenvalue weighted by Gasteiger charge is 2.23. The molecule has 2 rings (SSSR count). The van der Waals surface area contributed by atoms with Crippen molar-refractivity contribution >= 4 is 23.4 Å². The Morgan fingerprint density at radius 1 is 1.39 bits per heavy atom. The number of rotatable bonds is 6. The van der Waals surface area contributed by atoms with Gasteiger partial charge < -0.3 is 15.0 Å². The van der Waals surface area contributed by atoms with Crippen LogP contribution < -0.4 is 10.1 Å². The van der Waals surface area contributed by atoms with Gasteiger partial charge in [0, 0.05) is 32.5 Å². The van der Waals surface area contributed by atoms with E-state index in [0.29, 0.717) is 36.8 Å². The zero-order valence-corrected chi connectivity index (χ0v) is 14.1. The van der Waals surface area contributed by atoms with Gasteiger partial charge in [0.15, 0.2) is 0 Å². The van der Waals surface area contributed by atoms with E-state index in [9.17, 15) is 9.59 Å². The number of likely N-dealkylation sites (tertiary alicyclic amines) is 1. The lowest BCUT2D eigenvalue weighted by Gasteiger charge is -2.33. The summed E-state index contributed by atoms with van der Waals surface area (Å²) in [6.45, 7) is 3.33. The van der Waals surface area contributed by atoms with Gasteiger partial charge in [0.1, 0.15) is 5.75 Å². The van der Waals surface area contributed by atoms with Crippen molar-refractivity contribution < 1.29 is 14.3 Å². The van der Waals surface area contributed by atoms with Crippen molar-refractivity contribution in [1.29, 1.82) is 0 Å². The van der Waals surface area contributed by atoms with Gasteiger partial charge >= 0.3 is 0 Å². The molecule has 2 amide bonds. The lowest BCUT2D eigenvalue weighted by molar-refractivity contribution is -0.133. The second-order valence-electron chi connectivity index (χ2n) is 5.76. The summed E-state index contributed by atoms with van der Waals surface area (Å²) in [4.78, 5) is 25.2. The molecule has 1 aromatic carbocycles. The van der Waals surface area contributed by atoms with Gasteiger partial charge in [-0.05, 0) is 31.4 Å². The molecule has 23 heavy (non-hydrogen) atoms. The molecule has 0 radical (unpaired) electrons. The molecule has 6 heteroatoms. The molecule has 1 fully saturated rings. The van der Waals surface area contributed by atoms with E-state index >= 15 is 0 Å². The molecule has 1 saturated heterocycles. The summed E-state index contributed by atoms with van der Waals surface area (Å²) in [5.41, 5.74) is 0. The first-order valence-corrected chi connectivity index (χ1v) is 8.36. The largest absolute Gasteiger partial charge is 0.492 e. The van der Waals surface area contributed by atoms with Crippen LogP contribution in [0.15, 0.2) is 24.3 Å². The number of ether oxygens (including phenoxy) is 1. The molecule has 0 bridgehead atoms. The minimum Gasteiger partial charge on any atom is -0.492 e. The zero-order valence-electron chi connectivity index (χ0n) is 13.4. The first-order chi connectivity index (χ1) is 11.1. The molecule has 1 aliphatic heterocycles. The molecule has 0 spiro atoms. The van der Waals surface area contributed by atoms with Crippen molar-refractivity contribution in [2.24, 2.45) is 0 Å². The van der Waals surface area contributed by atoms with Gasteiger partial charge in [0.05, 0.1) is 11.6 Å². The van der Waals surface area contributed by atoms with E-state index in [1.165, 1.54) is 6.92 Å². The fourth-order valence-corrected chi connectivity index (χ4v) is 2.92. The number of hydrogen-bond acceptors (Lipinski definition) is 3. The Labute approximate surface area is 141 Å². The van der Waals surface area contributed by atoms with E-state index in [-0.39, 0.29) is 17.9 Å². The maximum atomic E-state index is 12.2. The molecule has 1 heterocycles. The third-order valence-electron chi connectivity index (χ3n) is 3.81. The minimum atomic E-state index is -0.0440. The molecule has 1 atom stereocenters. The molecular weight excluding hydrogens is 316 g/mol. The smallest absolute Gasteiger partial charge is 0.222 e. The zero-order chi connectivity index (χ0) is 16.7. The first-order valence-electron chi connectivity index (χ1n) is 7.98. The monoisotopic (exact) mass is 338 g/mol. The molecule has 1 aliphatic rings. The van der Waals surface area contributed by atoms with E-state index in [4.69, 9.17) is 16.3 Å². The van der Waals surface area contributed by atoms with Crippen LogP contribution in [0.1, 0.15) is 32.6 Å². The average molecular weight is 339 g/mol. The van der Waals surface area contributed by atoms with Crippen LogP contribution in [0.25, 0.3) is 0 Å². The Morgan fingerprint density at radius 2 is 2.17 bits per heavy atom. The standard InChI is InChI=1S/C17H23ClN2O3/c1-13(21)19-14-6-4-10-20(12-14)17(22)9-5-11-23-16-8-3-2-7-15(16)18/h2-3,7-8,14H,4-6,9-12H2,1H3,(H,19,21). The topological polar surface area (TPSA) is 58.6 Å². The molecule has 5 nitrogen and oxygen atoms in total. The fourth-order valence-electron chi connectivity index (χ4n) is 2.73. The number of benzene rings is 1. The molecule has 1 N–H and O–H groups in total. The van der Waals surface area contributed by atoms with Gasteiger partial charge in [-0.25, -0.2) is 0 Å². The summed E-state index contributed by atoms with van der Waals surface area (Å²) in [7, 11) is 0. The minimum absolute atomic E-state index is 0.0440. The van der Waals surface area contributed by atoms with Gasteiger partial charge in [-0.1, -0.05) is 23.7 Å². The predicted molar refractivity (Wildman–Crippen MR) is 89.6 cm³/mol. The summed E-state index contributed by atoms with van der Waals surface area (Å²) < 4.78 is 5.59. The van der Waals surface area contributed by atoms with Crippen molar-refractivity contribution in [3.8, 4) is 5.75 Å². The van der Waals surface area contributed by atoms with E-state index < -0.39 is 0 Å². The van der Waals surface area contributed by atoms with Gasteiger partial charge in [-0.2, -0.15) is 0 Å². The number of piperidine rings is 1. The summed E-state index contributed by atoms with van der Waals surface area (Å²) >= 11 is 6.01. The Bertz CT molecular complexity index is 550. The van der Waals surface area contributed by atoms with E-state index in [2.05, 4.69) is 5.32 Å². The van der Waals surface area contributed by atoms with E-state index in [0.717, 1.165) is 19.4 Å². The second kappa shape index (κ2) is 8.77. The van der Waals surface area contributed by atoms with Crippen LogP contribution in [0, 0.1) is 0 Å². The van der Waals surface area contributed by atoms with Crippen molar-refractivity contribution in [3.05, 3.63) is 29.3 Å². The average Bonchev–Trinajstić information content (AvgIpc) is 2.52. The van der Waals surface area contributed by atoms with Crippen LogP contribution in [-0.2, 0) is 9.59 Å². The van der Waals surface area contributed by atoms with E-state index in [1.807, 2.05) is 23.1 Å². The first kappa shape index (κ1) is 17.6. The van der Waals surface area contributed by atoms with E-state index in [1.54, 1.807) is 6.07 Å². The molecule has 0 aromatic heterocycles. The Balaban J connectivity index is 1.70. The van der Waals surface area contributed by atoms with Crippen LogP contribution in [0.2, 0.25) is 5.02 Å². The maximum Gasteiger partial charge on any atom is 0.222 e. The lowest BCUT2D eigenvalue weighted by atomic mass is 10.1. The lowest BCUT2D eigenvalue weighted by Crippen LogP contribution is -2.49. The number of amides is 2. The Kier molecular flexibility index (Phi) is 6.71. The van der Waals surface area contributed by atoms with Crippen molar-refractivity contribution in [2.45, 2.75) is 38.6 Å². The molecule has 0 aliphatic carbocycles. The molecule has 1 unspecified atom stereocenters. The maximum absolute atomic E-state index is 12.2. The number of nitrogens with zero attached hydrogens (tertiary/aromatic N) is 1. The molecule has 0 saturated carbocycles. The number of nitrogens with one attached hydrogen (secondary N) is 1. The van der Waals surface area contributed by atoms with Crippen LogP contribution in [0.3, 0.4) is 0 Å². The molecule has 126 valence electrons. The number of para-hydroxylation sites is 1. The third kappa shape index (κ3) is 5.75. The van der Waals surface area contributed by atoms with Crippen molar-refractivity contribution in [3.63, 3.8) is 0 Å². The number of hydrogen-bond donors (Lipinski definition) is 1. The summed E-state index contributed by atoms with van der Waals surface area (Å²) in [5, 5.41) is 3.47. The quantitative estimate of drug-likeness (QED) is 0.811. The van der Waals surface area contributed by atoms with Gasteiger partial charge in [0.2, 0.25) is 11.8 Å². The van der Waals surface area contributed by atoms with Crippen molar-refractivity contribution in [2.75, 3.05) is 19.7 Å². The van der Waals surface area contributed by atoms with Gasteiger partial charge in [-0.3, -0.25) is 9.59 Å². The summed E-state index contributed by atoms with van der Waals surface area (Å²) in [6.07, 6.45) is 2.94. The second-order valence-corrected chi connectivity index (χ2v) is 6.17. The van der Waals surface area contributed by atoms with Gasteiger partial charge in [0.25, 0.3) is 0 Å².